The lowest BCUT2D eigenvalue weighted by Crippen LogP contribution is -2.33. The van der Waals surface area contributed by atoms with Crippen molar-refractivity contribution in [3.63, 3.8) is 0 Å². The van der Waals surface area contributed by atoms with Gasteiger partial charge in [0.1, 0.15) is 5.75 Å². The molecule has 2 N–H and O–H groups in total. The van der Waals surface area contributed by atoms with Crippen molar-refractivity contribution >= 4 is 16.0 Å². The number of hydrogen-bond donors (Lipinski definition) is 2. The number of benzene rings is 2. The van der Waals surface area contributed by atoms with Gasteiger partial charge in [-0.15, -0.1) is 0 Å². The van der Waals surface area contributed by atoms with Crippen molar-refractivity contribution in [3.05, 3.63) is 53.6 Å². The van der Waals surface area contributed by atoms with Crippen LogP contribution in [0.5, 0.6) is 5.75 Å². The molecule has 1 saturated carbocycles. The molecule has 0 atom stereocenters. The molecule has 2 aromatic carbocycles. The van der Waals surface area contributed by atoms with E-state index in [4.69, 9.17) is 9.84 Å². The Morgan fingerprint density at radius 1 is 1.20 bits per heavy atom. The van der Waals surface area contributed by atoms with E-state index in [2.05, 4.69) is 4.72 Å². The maximum Gasteiger partial charge on any atom is 0.416 e. The zero-order chi connectivity index (χ0) is 22.2. The van der Waals surface area contributed by atoms with E-state index in [-0.39, 0.29) is 23.4 Å². The van der Waals surface area contributed by atoms with Crippen molar-refractivity contribution in [1.29, 1.82) is 0 Å². The lowest BCUT2D eigenvalue weighted by molar-refractivity contribution is -0.139. The summed E-state index contributed by atoms with van der Waals surface area (Å²) in [5.41, 5.74) is 0.0376. The fourth-order valence-corrected chi connectivity index (χ4v) is 4.18. The molecule has 0 saturated heterocycles. The van der Waals surface area contributed by atoms with Crippen LogP contribution in [-0.2, 0) is 27.5 Å². The Labute approximate surface area is 171 Å². The molecule has 3 rings (SSSR count). The van der Waals surface area contributed by atoms with Crippen LogP contribution in [0.25, 0.3) is 11.1 Å². The molecule has 0 unspecified atom stereocenters. The molecule has 0 radical (unpaired) electrons. The molecule has 0 spiro atoms. The third-order valence-corrected chi connectivity index (χ3v) is 7.20. The predicted octanol–water partition coefficient (Wildman–Crippen LogP) is 3.81. The molecule has 10 heteroatoms. The molecule has 1 fully saturated rings. The van der Waals surface area contributed by atoms with E-state index in [1.807, 2.05) is 0 Å². The molecule has 0 bridgehead atoms. The van der Waals surface area contributed by atoms with Crippen molar-refractivity contribution in [1.82, 2.24) is 4.72 Å². The van der Waals surface area contributed by atoms with Crippen LogP contribution >= 0.6 is 0 Å². The number of sulfonamides is 1. The van der Waals surface area contributed by atoms with Gasteiger partial charge in [0.2, 0.25) is 10.0 Å². The second kappa shape index (κ2) is 7.92. The summed E-state index contributed by atoms with van der Waals surface area (Å²) in [6.45, 7) is 0.922. The Morgan fingerprint density at radius 2 is 1.90 bits per heavy atom. The van der Waals surface area contributed by atoms with Gasteiger partial charge in [0.25, 0.3) is 0 Å². The molecule has 6 nitrogen and oxygen atoms in total. The van der Waals surface area contributed by atoms with Crippen LogP contribution in [0.2, 0.25) is 0 Å². The molecule has 162 valence electrons. The maximum atomic E-state index is 13.1. The lowest BCUT2D eigenvalue weighted by Gasteiger charge is -2.16. The Morgan fingerprint density at radius 3 is 2.50 bits per heavy atom. The Hall–Kier alpha value is -2.59. The van der Waals surface area contributed by atoms with Gasteiger partial charge in [0.15, 0.2) is 6.61 Å². The predicted molar refractivity (Wildman–Crippen MR) is 103 cm³/mol. The summed E-state index contributed by atoms with van der Waals surface area (Å²) in [6.07, 6.45) is -3.41. The number of carboxylic acids is 1. The molecule has 0 aromatic heterocycles. The zero-order valence-electron chi connectivity index (χ0n) is 16.0. The fourth-order valence-electron chi connectivity index (χ4n) is 2.84. The first-order chi connectivity index (χ1) is 13.9. The quantitative estimate of drug-likeness (QED) is 0.647. The largest absolute Gasteiger partial charge is 0.481 e. The van der Waals surface area contributed by atoms with E-state index in [1.54, 1.807) is 6.92 Å². The summed E-state index contributed by atoms with van der Waals surface area (Å²) in [7, 11) is -3.53. The molecule has 0 aliphatic heterocycles. The van der Waals surface area contributed by atoms with Crippen molar-refractivity contribution in [2.45, 2.75) is 37.2 Å². The van der Waals surface area contributed by atoms with Crippen LogP contribution in [0.3, 0.4) is 0 Å². The maximum absolute atomic E-state index is 13.1. The standard InChI is InChI=1S/C20H20F3NO5S/c1-19(7-8-19)30(27,28)24-11-13-5-6-17(29-12-18(25)26)16(9-13)14-3-2-4-15(10-14)20(21,22)23/h2-6,9-10,24H,7-8,11-12H2,1H3,(H,25,26). The van der Waals surface area contributed by atoms with Crippen molar-refractivity contribution < 1.29 is 36.2 Å². The van der Waals surface area contributed by atoms with Crippen LogP contribution in [0.15, 0.2) is 42.5 Å². The lowest BCUT2D eigenvalue weighted by atomic mass is 9.99. The van der Waals surface area contributed by atoms with Crippen molar-refractivity contribution in [3.8, 4) is 16.9 Å². The number of alkyl halides is 3. The SMILES string of the molecule is CC1(S(=O)(=O)NCc2ccc(OCC(=O)O)c(-c3cccc(C(F)(F)F)c3)c2)CC1. The zero-order valence-corrected chi connectivity index (χ0v) is 16.8. The monoisotopic (exact) mass is 443 g/mol. The van der Waals surface area contributed by atoms with Crippen molar-refractivity contribution in [2.24, 2.45) is 0 Å². The van der Waals surface area contributed by atoms with Crippen LogP contribution in [0.4, 0.5) is 13.2 Å². The minimum Gasteiger partial charge on any atom is -0.481 e. The minimum atomic E-state index is -4.55. The molecular weight excluding hydrogens is 423 g/mol. The van der Waals surface area contributed by atoms with Crippen LogP contribution in [-0.4, -0.2) is 30.8 Å². The normalized spacial score (nSPS) is 15.6. The highest BCUT2D eigenvalue weighted by Crippen LogP contribution is 2.42. The number of carboxylic acid groups (broad SMARTS) is 1. The average molecular weight is 443 g/mol. The third kappa shape index (κ3) is 4.93. The summed E-state index contributed by atoms with van der Waals surface area (Å²) in [4.78, 5) is 10.8. The van der Waals surface area contributed by atoms with Crippen LogP contribution < -0.4 is 9.46 Å². The first-order valence-corrected chi connectivity index (χ1v) is 10.5. The van der Waals surface area contributed by atoms with E-state index >= 15 is 0 Å². The average Bonchev–Trinajstić information content (AvgIpc) is 3.44. The van der Waals surface area contributed by atoms with Crippen LogP contribution in [0.1, 0.15) is 30.9 Å². The highest BCUT2D eigenvalue weighted by molar-refractivity contribution is 7.91. The summed E-state index contributed by atoms with van der Waals surface area (Å²) < 4.78 is 70.9. The van der Waals surface area contributed by atoms with Gasteiger partial charge in [-0.2, -0.15) is 13.2 Å². The Kier molecular flexibility index (Phi) is 5.83. The van der Waals surface area contributed by atoms with Gasteiger partial charge in [0.05, 0.1) is 10.3 Å². The summed E-state index contributed by atoms with van der Waals surface area (Å²) in [6, 6.07) is 8.98. The van der Waals surface area contributed by atoms with Gasteiger partial charge >= 0.3 is 12.1 Å². The second-order valence-corrected chi connectivity index (χ2v) is 9.65. The summed E-state index contributed by atoms with van der Waals surface area (Å²) in [5, 5.41) is 8.85. The molecule has 2 aromatic rings. The molecule has 1 aliphatic rings. The van der Waals surface area contributed by atoms with Crippen molar-refractivity contribution in [2.75, 3.05) is 6.61 Å². The van der Waals surface area contributed by atoms with E-state index in [1.165, 1.54) is 30.3 Å². The first-order valence-electron chi connectivity index (χ1n) is 9.06. The number of halogens is 3. The van der Waals surface area contributed by atoms with E-state index in [0.29, 0.717) is 18.4 Å². The van der Waals surface area contributed by atoms with Crippen LogP contribution in [0, 0.1) is 0 Å². The van der Waals surface area contributed by atoms with E-state index in [0.717, 1.165) is 12.1 Å². The topological polar surface area (TPSA) is 92.7 Å². The summed E-state index contributed by atoms with van der Waals surface area (Å²) in [5.74, 6) is -1.16. The minimum absolute atomic E-state index is 0.0525. The first kappa shape index (κ1) is 22.1. The third-order valence-electron chi connectivity index (χ3n) is 4.97. The smallest absolute Gasteiger partial charge is 0.416 e. The fraction of sp³-hybridized carbons (Fsp3) is 0.350. The molecule has 30 heavy (non-hydrogen) atoms. The summed E-state index contributed by atoms with van der Waals surface area (Å²) >= 11 is 0. The number of ether oxygens (including phenoxy) is 1. The Bertz CT molecular complexity index is 1060. The second-order valence-electron chi connectivity index (χ2n) is 7.37. The highest BCUT2D eigenvalue weighted by atomic mass is 32.2. The molecule has 1 aliphatic carbocycles. The van der Waals surface area contributed by atoms with Gasteiger partial charge in [-0.1, -0.05) is 18.2 Å². The van der Waals surface area contributed by atoms with E-state index < -0.39 is 39.1 Å². The number of nitrogens with one attached hydrogen (secondary N) is 1. The van der Waals surface area contributed by atoms with Gasteiger partial charge in [-0.05, 0) is 55.2 Å². The van der Waals surface area contributed by atoms with Gasteiger partial charge < -0.3 is 9.84 Å². The molecule has 0 heterocycles. The number of hydrogen-bond acceptors (Lipinski definition) is 4. The van der Waals surface area contributed by atoms with Gasteiger partial charge in [-0.3, -0.25) is 0 Å². The number of rotatable bonds is 8. The van der Waals surface area contributed by atoms with Gasteiger partial charge in [-0.25, -0.2) is 17.9 Å². The molecule has 0 amide bonds. The number of carbonyl (C=O) groups is 1. The van der Waals surface area contributed by atoms with E-state index in [9.17, 15) is 26.4 Å². The molecular formula is C20H20F3NO5S. The number of aliphatic carboxylic acids is 1. The van der Waals surface area contributed by atoms with Gasteiger partial charge in [0, 0.05) is 12.1 Å². The Balaban J connectivity index is 1.94. The highest BCUT2D eigenvalue weighted by Gasteiger charge is 2.49.